The van der Waals surface area contributed by atoms with Crippen molar-refractivity contribution in [2.75, 3.05) is 7.05 Å². The normalized spacial score (nSPS) is 11.0. The van der Waals surface area contributed by atoms with Crippen molar-refractivity contribution in [3.8, 4) is 0 Å². The minimum atomic E-state index is -1.08. The average Bonchev–Trinajstić information content (AvgIpc) is 2.31. The Morgan fingerprint density at radius 2 is 1.71 bits per heavy atom. The van der Waals surface area contributed by atoms with Crippen molar-refractivity contribution in [1.29, 1.82) is 0 Å². The average molecular weight is 240 g/mol. The summed E-state index contributed by atoms with van der Waals surface area (Å²) >= 11 is 0. The van der Waals surface area contributed by atoms with Gasteiger partial charge in [-0.3, -0.25) is 9.59 Å². The van der Waals surface area contributed by atoms with Gasteiger partial charge in [-0.2, -0.15) is 0 Å². The van der Waals surface area contributed by atoms with E-state index in [1.807, 2.05) is 0 Å². The molecule has 1 unspecified atom stereocenters. The van der Waals surface area contributed by atoms with Crippen LogP contribution in [0.15, 0.2) is 24.3 Å². The van der Waals surface area contributed by atoms with E-state index in [1.54, 1.807) is 0 Å². The molecule has 1 atom stereocenters. The molecule has 94 valence electrons. The Bertz CT molecular complexity index is 376. The number of primary amides is 1. The van der Waals surface area contributed by atoms with E-state index in [2.05, 4.69) is 5.73 Å². The van der Waals surface area contributed by atoms with Crippen LogP contribution in [-0.2, 0) is 4.79 Å². The Balaban J connectivity index is 0.00000121. The number of carboxylic acid groups (broad SMARTS) is 1. The van der Waals surface area contributed by atoms with Crippen LogP contribution in [0.1, 0.15) is 28.4 Å². The molecule has 0 saturated carbocycles. The smallest absolute Gasteiger partial charge is 0.306 e. The lowest BCUT2D eigenvalue weighted by Crippen LogP contribution is -2.11. The molecule has 0 radical (unpaired) electrons. The molecule has 0 saturated heterocycles. The summed E-state index contributed by atoms with van der Waals surface area (Å²) in [6.07, 6.45) is -1.43. The van der Waals surface area contributed by atoms with E-state index >= 15 is 0 Å². The number of carbonyl (C=O) groups excluding carboxylic acids is 1. The summed E-state index contributed by atoms with van der Waals surface area (Å²) in [4.78, 5) is 21.0. The zero-order valence-corrected chi connectivity index (χ0v) is 9.46. The Labute approximate surface area is 98.9 Å². The first-order valence-electron chi connectivity index (χ1n) is 4.88. The number of hydrogen-bond acceptors (Lipinski definition) is 4. The summed E-state index contributed by atoms with van der Waals surface area (Å²) < 4.78 is 0. The SMILES string of the molecule is CN.NC(=O)c1ccc(C(O)CC(=O)O)cc1. The van der Waals surface area contributed by atoms with Crippen LogP contribution >= 0.6 is 0 Å². The molecule has 1 aromatic carbocycles. The van der Waals surface area contributed by atoms with Crippen molar-refractivity contribution in [3.63, 3.8) is 0 Å². The number of carboxylic acids is 1. The summed E-state index contributed by atoms with van der Waals surface area (Å²) in [5, 5.41) is 17.9. The van der Waals surface area contributed by atoms with Crippen molar-refractivity contribution < 1.29 is 19.8 Å². The van der Waals surface area contributed by atoms with E-state index in [0.717, 1.165) is 0 Å². The first-order valence-corrected chi connectivity index (χ1v) is 4.88. The van der Waals surface area contributed by atoms with Crippen LogP contribution in [0, 0.1) is 0 Å². The van der Waals surface area contributed by atoms with E-state index < -0.39 is 18.0 Å². The van der Waals surface area contributed by atoms with Gasteiger partial charge in [0, 0.05) is 5.56 Å². The largest absolute Gasteiger partial charge is 0.481 e. The second kappa shape index (κ2) is 7.37. The fourth-order valence-electron chi connectivity index (χ4n) is 1.15. The molecule has 0 fully saturated rings. The number of hydrogen-bond donors (Lipinski definition) is 4. The predicted molar refractivity (Wildman–Crippen MR) is 62.3 cm³/mol. The van der Waals surface area contributed by atoms with Gasteiger partial charge in [0.15, 0.2) is 0 Å². The Kier molecular flexibility index (Phi) is 6.54. The molecule has 0 heterocycles. The Hall–Kier alpha value is -1.92. The molecule has 0 aliphatic carbocycles. The number of aliphatic hydroxyl groups excluding tert-OH is 1. The third kappa shape index (κ3) is 5.10. The topological polar surface area (TPSA) is 127 Å². The molecule has 0 aliphatic rings. The van der Waals surface area contributed by atoms with Gasteiger partial charge in [0.2, 0.25) is 5.91 Å². The lowest BCUT2D eigenvalue weighted by Gasteiger charge is -2.08. The highest BCUT2D eigenvalue weighted by Gasteiger charge is 2.12. The number of aliphatic hydroxyl groups is 1. The lowest BCUT2D eigenvalue weighted by atomic mass is 10.0. The molecule has 6 N–H and O–H groups in total. The monoisotopic (exact) mass is 240 g/mol. The van der Waals surface area contributed by atoms with Crippen LogP contribution in [0.25, 0.3) is 0 Å². The second-order valence-electron chi connectivity index (χ2n) is 3.10. The number of benzene rings is 1. The summed E-state index contributed by atoms with van der Waals surface area (Å²) in [6, 6.07) is 5.85. The number of amides is 1. The third-order valence-corrected chi connectivity index (χ3v) is 1.95. The molecule has 1 amide bonds. The van der Waals surface area contributed by atoms with Gasteiger partial charge < -0.3 is 21.7 Å². The van der Waals surface area contributed by atoms with E-state index in [1.165, 1.54) is 31.3 Å². The van der Waals surface area contributed by atoms with Crippen LogP contribution in [0.2, 0.25) is 0 Å². The molecule has 0 spiro atoms. The lowest BCUT2D eigenvalue weighted by molar-refractivity contribution is -0.139. The van der Waals surface area contributed by atoms with Crippen molar-refractivity contribution >= 4 is 11.9 Å². The highest BCUT2D eigenvalue weighted by Crippen LogP contribution is 2.16. The van der Waals surface area contributed by atoms with Gasteiger partial charge in [-0.05, 0) is 24.7 Å². The van der Waals surface area contributed by atoms with Gasteiger partial charge in [0.05, 0.1) is 12.5 Å². The van der Waals surface area contributed by atoms with Gasteiger partial charge >= 0.3 is 5.97 Å². The molecule has 1 aromatic rings. The maximum absolute atomic E-state index is 10.7. The zero-order chi connectivity index (χ0) is 13.4. The fourth-order valence-corrected chi connectivity index (χ4v) is 1.15. The van der Waals surface area contributed by atoms with Crippen molar-refractivity contribution in [2.24, 2.45) is 11.5 Å². The number of nitrogens with two attached hydrogens (primary N) is 2. The van der Waals surface area contributed by atoms with Crippen LogP contribution in [0.5, 0.6) is 0 Å². The van der Waals surface area contributed by atoms with Crippen LogP contribution in [0.4, 0.5) is 0 Å². The second-order valence-corrected chi connectivity index (χ2v) is 3.10. The summed E-state index contributed by atoms with van der Waals surface area (Å²) in [5.41, 5.74) is 10.3. The predicted octanol–water partition coefficient (Wildman–Crippen LogP) is -0.132. The molecule has 0 aliphatic heterocycles. The number of carbonyl (C=O) groups is 2. The minimum Gasteiger partial charge on any atom is -0.481 e. The number of rotatable bonds is 4. The van der Waals surface area contributed by atoms with Crippen LogP contribution < -0.4 is 11.5 Å². The van der Waals surface area contributed by atoms with E-state index in [9.17, 15) is 14.7 Å². The van der Waals surface area contributed by atoms with Crippen molar-refractivity contribution in [2.45, 2.75) is 12.5 Å². The highest BCUT2D eigenvalue weighted by atomic mass is 16.4. The molecular formula is C11H16N2O4. The molecule has 1 rings (SSSR count). The van der Waals surface area contributed by atoms with Crippen LogP contribution in [0.3, 0.4) is 0 Å². The molecule has 17 heavy (non-hydrogen) atoms. The van der Waals surface area contributed by atoms with Gasteiger partial charge in [0.1, 0.15) is 0 Å². The Morgan fingerprint density at radius 1 is 1.24 bits per heavy atom. The van der Waals surface area contributed by atoms with E-state index in [4.69, 9.17) is 10.8 Å². The van der Waals surface area contributed by atoms with Gasteiger partial charge in [-0.1, -0.05) is 12.1 Å². The molecule has 6 heteroatoms. The van der Waals surface area contributed by atoms with Crippen molar-refractivity contribution in [3.05, 3.63) is 35.4 Å². The first-order chi connectivity index (χ1) is 8.00. The molecule has 6 nitrogen and oxygen atoms in total. The zero-order valence-electron chi connectivity index (χ0n) is 9.46. The summed E-state index contributed by atoms with van der Waals surface area (Å²) in [5.74, 6) is -1.64. The molecular weight excluding hydrogens is 224 g/mol. The van der Waals surface area contributed by atoms with Crippen molar-refractivity contribution in [1.82, 2.24) is 0 Å². The number of aliphatic carboxylic acids is 1. The van der Waals surface area contributed by atoms with E-state index in [0.29, 0.717) is 11.1 Å². The van der Waals surface area contributed by atoms with Gasteiger partial charge in [-0.15, -0.1) is 0 Å². The quantitative estimate of drug-likeness (QED) is 0.583. The standard InChI is InChI=1S/C10H11NO4.CH5N/c11-10(15)7-3-1-6(2-4-7)8(12)5-9(13)14;1-2/h1-4,8,12H,5H2,(H2,11,15)(H,13,14);2H2,1H3. The minimum absolute atomic E-state index is 0.321. The highest BCUT2D eigenvalue weighted by molar-refractivity contribution is 5.92. The Morgan fingerprint density at radius 3 is 2.06 bits per heavy atom. The van der Waals surface area contributed by atoms with E-state index in [-0.39, 0.29) is 6.42 Å². The summed E-state index contributed by atoms with van der Waals surface area (Å²) in [6.45, 7) is 0. The van der Waals surface area contributed by atoms with Gasteiger partial charge in [-0.25, -0.2) is 0 Å². The van der Waals surface area contributed by atoms with Crippen LogP contribution in [-0.4, -0.2) is 29.1 Å². The third-order valence-electron chi connectivity index (χ3n) is 1.95. The maximum atomic E-state index is 10.7. The summed E-state index contributed by atoms with van der Waals surface area (Å²) in [7, 11) is 1.50. The molecule has 0 aromatic heterocycles. The first kappa shape index (κ1) is 15.1. The van der Waals surface area contributed by atoms with Gasteiger partial charge in [0.25, 0.3) is 0 Å². The fraction of sp³-hybridized carbons (Fsp3) is 0.273. The molecule has 0 bridgehead atoms. The maximum Gasteiger partial charge on any atom is 0.306 e.